The largest absolute Gasteiger partial charge is 0.484 e. The topological polar surface area (TPSA) is 61.0 Å². The predicted molar refractivity (Wildman–Crippen MR) is 109 cm³/mol. The van der Waals surface area contributed by atoms with Gasteiger partial charge in [0.05, 0.1) is 10.7 Å². The van der Waals surface area contributed by atoms with E-state index in [1.54, 1.807) is 35.6 Å². The number of halogens is 1. The van der Waals surface area contributed by atoms with Crippen molar-refractivity contribution in [1.29, 1.82) is 0 Å². The average molecular weight is 410 g/mol. The molecule has 1 aliphatic carbocycles. The molecule has 0 spiro atoms. The summed E-state index contributed by atoms with van der Waals surface area (Å²) in [6, 6.07) is 15.2. The summed E-state index contributed by atoms with van der Waals surface area (Å²) in [7, 11) is 0. The van der Waals surface area contributed by atoms with Crippen LogP contribution in [0.5, 0.6) is 5.75 Å². The van der Waals surface area contributed by atoms with Gasteiger partial charge < -0.3 is 9.26 Å². The molecule has 0 saturated heterocycles. The normalized spacial score (nSPS) is 13.6. The molecular formula is C21H16ClN3O2S. The monoisotopic (exact) mass is 409 g/mol. The molecule has 0 aliphatic heterocycles. The molecular weight excluding hydrogens is 394 g/mol. The Kier molecular flexibility index (Phi) is 4.58. The lowest BCUT2D eigenvalue weighted by Crippen LogP contribution is -1.95. The lowest BCUT2D eigenvalue weighted by molar-refractivity contribution is 0.243. The van der Waals surface area contributed by atoms with Crippen LogP contribution in [0, 0.1) is 0 Å². The Balaban J connectivity index is 1.26. The highest BCUT2D eigenvalue weighted by molar-refractivity contribution is 7.10. The van der Waals surface area contributed by atoms with Gasteiger partial charge in [0, 0.05) is 27.4 Å². The van der Waals surface area contributed by atoms with Gasteiger partial charge in [-0.15, -0.1) is 11.3 Å². The summed E-state index contributed by atoms with van der Waals surface area (Å²) in [6.07, 6.45) is 2.54. The Morgan fingerprint density at radius 1 is 1.00 bits per heavy atom. The lowest BCUT2D eigenvalue weighted by Gasteiger charge is -2.02. The van der Waals surface area contributed by atoms with E-state index in [4.69, 9.17) is 25.8 Å². The third-order valence-electron chi connectivity index (χ3n) is 4.53. The van der Waals surface area contributed by atoms with Gasteiger partial charge >= 0.3 is 0 Å². The number of hydrogen-bond donors (Lipinski definition) is 0. The number of hydrogen-bond acceptors (Lipinski definition) is 6. The van der Waals surface area contributed by atoms with Crippen molar-refractivity contribution in [3.8, 4) is 28.4 Å². The van der Waals surface area contributed by atoms with Crippen molar-refractivity contribution < 1.29 is 9.26 Å². The molecule has 2 aromatic heterocycles. The highest BCUT2D eigenvalue weighted by atomic mass is 35.5. The Labute approximate surface area is 171 Å². The van der Waals surface area contributed by atoms with Crippen molar-refractivity contribution in [3.63, 3.8) is 0 Å². The van der Waals surface area contributed by atoms with E-state index >= 15 is 0 Å². The first kappa shape index (κ1) is 17.4. The van der Waals surface area contributed by atoms with E-state index in [1.807, 2.05) is 24.3 Å². The van der Waals surface area contributed by atoms with Crippen molar-refractivity contribution in [2.75, 3.05) is 0 Å². The van der Waals surface area contributed by atoms with Crippen molar-refractivity contribution in [1.82, 2.24) is 15.1 Å². The lowest BCUT2D eigenvalue weighted by atomic mass is 10.1. The molecule has 1 aliphatic rings. The summed E-state index contributed by atoms with van der Waals surface area (Å²) < 4.78 is 10.9. The van der Waals surface area contributed by atoms with Crippen LogP contribution in [0.1, 0.15) is 29.7 Å². The smallest absolute Gasteiger partial charge is 0.264 e. The number of rotatable bonds is 6. The fourth-order valence-corrected chi connectivity index (χ4v) is 3.96. The van der Waals surface area contributed by atoms with E-state index < -0.39 is 0 Å². The van der Waals surface area contributed by atoms with Crippen LogP contribution < -0.4 is 4.74 Å². The molecule has 7 heteroatoms. The highest BCUT2D eigenvalue weighted by Crippen LogP contribution is 2.42. The van der Waals surface area contributed by atoms with Crippen molar-refractivity contribution >= 4 is 22.9 Å². The number of ether oxygens (including phenoxy) is 1. The maximum absolute atomic E-state index is 5.87. The molecule has 28 heavy (non-hydrogen) atoms. The summed E-state index contributed by atoms with van der Waals surface area (Å²) in [5, 5.41) is 8.09. The zero-order chi connectivity index (χ0) is 18.9. The first-order valence-corrected chi connectivity index (χ1v) is 10.3. The maximum Gasteiger partial charge on any atom is 0.264 e. The molecule has 1 fully saturated rings. The standard InChI is InChI=1S/C21H16ClN3O2S/c22-16-7-9-17(10-8-16)26-11-19-24-20(25-27-19)14-3-1-13(2-4-14)18-12-28-21(23-18)15-5-6-15/h1-4,7-10,12,15H,5-6,11H2. The highest BCUT2D eigenvalue weighted by Gasteiger charge is 2.26. The minimum atomic E-state index is 0.204. The van der Waals surface area contributed by atoms with E-state index in [-0.39, 0.29) is 6.61 Å². The molecule has 0 bridgehead atoms. The summed E-state index contributed by atoms with van der Waals surface area (Å²) >= 11 is 7.62. The average Bonchev–Trinajstić information content (AvgIpc) is 3.27. The molecule has 0 radical (unpaired) electrons. The van der Waals surface area contributed by atoms with Crippen molar-refractivity contribution in [2.24, 2.45) is 0 Å². The third kappa shape index (κ3) is 3.79. The van der Waals surface area contributed by atoms with E-state index in [1.165, 1.54) is 17.8 Å². The first-order valence-electron chi connectivity index (χ1n) is 9.02. The third-order valence-corrected chi connectivity index (χ3v) is 5.79. The van der Waals surface area contributed by atoms with Crippen LogP contribution in [-0.2, 0) is 6.61 Å². The van der Waals surface area contributed by atoms with E-state index in [2.05, 4.69) is 15.5 Å². The van der Waals surface area contributed by atoms with Crippen molar-refractivity contribution in [3.05, 3.63) is 69.8 Å². The van der Waals surface area contributed by atoms with E-state index in [0.717, 1.165) is 16.8 Å². The first-order chi connectivity index (χ1) is 13.7. The molecule has 140 valence electrons. The fourth-order valence-electron chi connectivity index (χ4n) is 2.83. The molecule has 0 amide bonds. The van der Waals surface area contributed by atoms with Crippen LogP contribution >= 0.6 is 22.9 Å². The molecule has 5 rings (SSSR count). The van der Waals surface area contributed by atoms with E-state index in [0.29, 0.717) is 28.4 Å². The summed E-state index contributed by atoms with van der Waals surface area (Å²) in [4.78, 5) is 9.16. The fraction of sp³-hybridized carbons (Fsp3) is 0.190. The number of nitrogens with zero attached hydrogens (tertiary/aromatic N) is 3. The van der Waals surface area contributed by atoms with Crippen LogP contribution in [0.25, 0.3) is 22.6 Å². The van der Waals surface area contributed by atoms with Crippen LogP contribution in [0.2, 0.25) is 5.02 Å². The van der Waals surface area contributed by atoms with Gasteiger partial charge in [0.15, 0.2) is 6.61 Å². The Bertz CT molecular complexity index is 1090. The van der Waals surface area contributed by atoms with E-state index in [9.17, 15) is 0 Å². The number of thiazole rings is 1. The summed E-state index contributed by atoms with van der Waals surface area (Å²) in [6.45, 7) is 0.204. The SMILES string of the molecule is Clc1ccc(OCc2nc(-c3ccc(-c4csc(C5CC5)n4)cc3)no2)cc1. The van der Waals surface area contributed by atoms with Gasteiger partial charge in [0.1, 0.15) is 5.75 Å². The minimum Gasteiger partial charge on any atom is -0.484 e. The molecule has 4 aromatic rings. The van der Waals surface area contributed by atoms with Gasteiger partial charge in [-0.1, -0.05) is 41.0 Å². The predicted octanol–water partition coefficient (Wildman–Crippen LogP) is 5.97. The Hall–Kier alpha value is -2.70. The second kappa shape index (κ2) is 7.37. The second-order valence-electron chi connectivity index (χ2n) is 6.68. The van der Waals surface area contributed by atoms with Crippen LogP contribution in [0.15, 0.2) is 58.4 Å². The second-order valence-corrected chi connectivity index (χ2v) is 8.00. The molecule has 0 atom stereocenters. The Morgan fingerprint density at radius 3 is 2.50 bits per heavy atom. The van der Waals surface area contributed by atoms with Gasteiger partial charge in [-0.05, 0) is 37.1 Å². The quantitative estimate of drug-likeness (QED) is 0.392. The van der Waals surface area contributed by atoms with Gasteiger partial charge in [0.25, 0.3) is 5.89 Å². The zero-order valence-corrected chi connectivity index (χ0v) is 16.4. The maximum atomic E-state index is 5.87. The molecule has 2 aromatic carbocycles. The molecule has 5 nitrogen and oxygen atoms in total. The molecule has 0 N–H and O–H groups in total. The van der Waals surface area contributed by atoms with Crippen LogP contribution in [0.3, 0.4) is 0 Å². The summed E-state index contributed by atoms with van der Waals surface area (Å²) in [5.41, 5.74) is 3.02. The molecule has 2 heterocycles. The van der Waals surface area contributed by atoms with Gasteiger partial charge in [-0.25, -0.2) is 4.98 Å². The van der Waals surface area contributed by atoms with Gasteiger partial charge in [0.2, 0.25) is 5.82 Å². The number of benzene rings is 2. The molecule has 0 unspecified atom stereocenters. The van der Waals surface area contributed by atoms with Crippen molar-refractivity contribution in [2.45, 2.75) is 25.4 Å². The Morgan fingerprint density at radius 2 is 1.75 bits per heavy atom. The molecule has 1 saturated carbocycles. The van der Waals surface area contributed by atoms with Gasteiger partial charge in [-0.3, -0.25) is 0 Å². The van der Waals surface area contributed by atoms with Gasteiger partial charge in [-0.2, -0.15) is 4.98 Å². The summed E-state index contributed by atoms with van der Waals surface area (Å²) in [5.74, 6) is 2.34. The number of aromatic nitrogens is 3. The zero-order valence-electron chi connectivity index (χ0n) is 14.8. The van der Waals surface area contributed by atoms with Crippen LogP contribution in [0.4, 0.5) is 0 Å². The van der Waals surface area contributed by atoms with Crippen LogP contribution in [-0.4, -0.2) is 15.1 Å². The minimum absolute atomic E-state index is 0.204.